The molecule has 140 valence electrons. The highest BCUT2D eigenvalue weighted by molar-refractivity contribution is 14.1. The van der Waals surface area contributed by atoms with Crippen LogP contribution < -0.4 is 5.56 Å². The number of hydrogen-bond donors (Lipinski definition) is 1. The summed E-state index contributed by atoms with van der Waals surface area (Å²) in [7, 11) is 0. The molecule has 28 heavy (non-hydrogen) atoms. The number of rotatable bonds is 5. The van der Waals surface area contributed by atoms with E-state index in [1.165, 1.54) is 4.57 Å². The maximum atomic E-state index is 12.9. The number of aromatic nitrogens is 1. The zero-order chi connectivity index (χ0) is 20.1. The summed E-state index contributed by atoms with van der Waals surface area (Å²) in [6, 6.07) is 19.0. The van der Waals surface area contributed by atoms with Gasteiger partial charge in [-0.2, -0.15) is 5.26 Å². The predicted octanol–water partition coefficient (Wildman–Crippen LogP) is 5.00. The minimum absolute atomic E-state index is 0.0318. The Morgan fingerprint density at radius 1 is 1.11 bits per heavy atom. The number of aromatic hydroxyl groups is 1. The molecule has 2 aromatic carbocycles. The van der Waals surface area contributed by atoms with Gasteiger partial charge in [0.15, 0.2) is 5.69 Å². The van der Waals surface area contributed by atoms with Crippen LogP contribution in [-0.2, 0) is 13.0 Å². The molecule has 6 nitrogen and oxygen atoms in total. The molecule has 0 saturated heterocycles. The van der Waals surface area contributed by atoms with Crippen LogP contribution in [0.15, 0.2) is 69.6 Å². The maximum absolute atomic E-state index is 12.9. The SMILES string of the molecule is Cc1c(C#N)c(O)n(CCc2ccccc2)c(=O)c1N=Nc1ccccc1I. The van der Waals surface area contributed by atoms with E-state index in [-0.39, 0.29) is 23.7 Å². The summed E-state index contributed by atoms with van der Waals surface area (Å²) in [5, 5.41) is 28.2. The molecular formula is C21H17IN4O2. The van der Waals surface area contributed by atoms with Crippen molar-refractivity contribution in [3.05, 3.63) is 85.2 Å². The molecule has 0 unspecified atom stereocenters. The lowest BCUT2D eigenvalue weighted by atomic mass is 10.1. The van der Waals surface area contributed by atoms with E-state index in [9.17, 15) is 15.2 Å². The molecule has 0 atom stereocenters. The molecule has 0 spiro atoms. The molecule has 0 radical (unpaired) electrons. The van der Waals surface area contributed by atoms with Crippen LogP contribution >= 0.6 is 22.6 Å². The van der Waals surface area contributed by atoms with Crippen LogP contribution in [0.4, 0.5) is 11.4 Å². The highest BCUT2D eigenvalue weighted by Crippen LogP contribution is 2.28. The van der Waals surface area contributed by atoms with E-state index in [4.69, 9.17) is 0 Å². The number of pyridine rings is 1. The van der Waals surface area contributed by atoms with E-state index in [0.717, 1.165) is 9.13 Å². The van der Waals surface area contributed by atoms with Crippen molar-refractivity contribution < 1.29 is 5.11 Å². The van der Waals surface area contributed by atoms with E-state index in [1.807, 2.05) is 54.6 Å². The van der Waals surface area contributed by atoms with E-state index in [1.54, 1.807) is 13.0 Å². The average Bonchev–Trinajstić information content (AvgIpc) is 2.70. The minimum Gasteiger partial charge on any atom is -0.493 e. The molecule has 0 saturated carbocycles. The third-order valence-corrected chi connectivity index (χ3v) is 5.26. The zero-order valence-corrected chi connectivity index (χ0v) is 17.3. The van der Waals surface area contributed by atoms with Gasteiger partial charge in [0.05, 0.1) is 5.69 Å². The minimum atomic E-state index is -0.473. The van der Waals surface area contributed by atoms with Crippen molar-refractivity contribution in [1.82, 2.24) is 4.57 Å². The van der Waals surface area contributed by atoms with Gasteiger partial charge in [-0.15, -0.1) is 10.2 Å². The van der Waals surface area contributed by atoms with E-state index < -0.39 is 5.56 Å². The first-order valence-electron chi connectivity index (χ1n) is 8.59. The summed E-state index contributed by atoms with van der Waals surface area (Å²) in [5.41, 5.74) is 1.58. The molecule has 1 N–H and O–H groups in total. The van der Waals surface area contributed by atoms with Gasteiger partial charge in [0.1, 0.15) is 11.6 Å². The van der Waals surface area contributed by atoms with E-state index >= 15 is 0 Å². The normalized spacial score (nSPS) is 10.9. The lowest BCUT2D eigenvalue weighted by Gasteiger charge is -2.13. The zero-order valence-electron chi connectivity index (χ0n) is 15.1. The van der Waals surface area contributed by atoms with Gasteiger partial charge in [-0.3, -0.25) is 9.36 Å². The topological polar surface area (TPSA) is 90.7 Å². The lowest BCUT2D eigenvalue weighted by molar-refractivity contribution is 0.404. The van der Waals surface area contributed by atoms with Crippen LogP contribution in [0.2, 0.25) is 0 Å². The molecule has 0 amide bonds. The number of nitriles is 1. The number of nitrogens with zero attached hydrogens (tertiary/aromatic N) is 4. The Kier molecular flexibility index (Phi) is 6.21. The predicted molar refractivity (Wildman–Crippen MR) is 115 cm³/mol. The van der Waals surface area contributed by atoms with Crippen LogP contribution in [0.3, 0.4) is 0 Å². The Hall–Kier alpha value is -2.99. The molecule has 0 aliphatic rings. The van der Waals surface area contributed by atoms with Crippen LogP contribution in [0.1, 0.15) is 16.7 Å². The van der Waals surface area contributed by atoms with Crippen molar-refractivity contribution in [2.45, 2.75) is 19.9 Å². The van der Waals surface area contributed by atoms with Gasteiger partial charge in [0.2, 0.25) is 5.88 Å². The third-order valence-electron chi connectivity index (χ3n) is 4.35. The number of halogens is 1. The lowest BCUT2D eigenvalue weighted by Crippen LogP contribution is -2.22. The second-order valence-electron chi connectivity index (χ2n) is 6.13. The van der Waals surface area contributed by atoms with Crippen LogP contribution in [0.25, 0.3) is 0 Å². The van der Waals surface area contributed by atoms with Gasteiger partial charge in [0.25, 0.3) is 5.56 Å². The van der Waals surface area contributed by atoms with Crippen molar-refractivity contribution in [2.24, 2.45) is 10.2 Å². The van der Waals surface area contributed by atoms with Crippen LogP contribution in [0, 0.1) is 21.8 Å². The first kappa shape index (κ1) is 19.8. The summed E-state index contributed by atoms with van der Waals surface area (Å²) in [6.45, 7) is 1.82. The number of benzene rings is 2. The average molecular weight is 484 g/mol. The molecule has 1 aromatic heterocycles. The fraction of sp³-hybridized carbons (Fsp3) is 0.143. The number of hydrogen-bond acceptors (Lipinski definition) is 5. The molecular weight excluding hydrogens is 467 g/mol. The van der Waals surface area contributed by atoms with Crippen molar-refractivity contribution in [3.63, 3.8) is 0 Å². The molecule has 0 bridgehead atoms. The summed E-state index contributed by atoms with van der Waals surface area (Å²) in [4.78, 5) is 12.9. The third kappa shape index (κ3) is 4.12. The van der Waals surface area contributed by atoms with Gasteiger partial charge < -0.3 is 5.11 Å². The van der Waals surface area contributed by atoms with Crippen molar-refractivity contribution >= 4 is 34.0 Å². The fourth-order valence-electron chi connectivity index (χ4n) is 2.79. The molecule has 1 heterocycles. The smallest absolute Gasteiger partial charge is 0.281 e. The van der Waals surface area contributed by atoms with Gasteiger partial charge in [-0.25, -0.2) is 0 Å². The summed E-state index contributed by atoms with van der Waals surface area (Å²) in [6.07, 6.45) is 0.537. The maximum Gasteiger partial charge on any atom is 0.281 e. The van der Waals surface area contributed by atoms with Crippen LogP contribution in [-0.4, -0.2) is 9.67 Å². The van der Waals surface area contributed by atoms with E-state index in [2.05, 4.69) is 32.8 Å². The summed E-state index contributed by atoms with van der Waals surface area (Å²) < 4.78 is 2.08. The Bertz CT molecular complexity index is 1130. The van der Waals surface area contributed by atoms with Gasteiger partial charge >= 0.3 is 0 Å². The van der Waals surface area contributed by atoms with Crippen molar-refractivity contribution in [3.8, 4) is 11.9 Å². The summed E-state index contributed by atoms with van der Waals surface area (Å²) >= 11 is 2.14. The van der Waals surface area contributed by atoms with Crippen molar-refractivity contribution in [2.75, 3.05) is 0 Å². The second-order valence-corrected chi connectivity index (χ2v) is 7.29. The fourth-order valence-corrected chi connectivity index (χ4v) is 3.28. The Balaban J connectivity index is 2.04. The first-order valence-corrected chi connectivity index (χ1v) is 9.67. The molecule has 3 aromatic rings. The van der Waals surface area contributed by atoms with Gasteiger partial charge in [0, 0.05) is 15.7 Å². The number of aryl methyl sites for hydroxylation is 1. The van der Waals surface area contributed by atoms with Gasteiger partial charge in [-0.1, -0.05) is 42.5 Å². The molecule has 0 aliphatic heterocycles. The monoisotopic (exact) mass is 484 g/mol. The Morgan fingerprint density at radius 2 is 1.79 bits per heavy atom. The van der Waals surface area contributed by atoms with Crippen LogP contribution in [0.5, 0.6) is 5.88 Å². The highest BCUT2D eigenvalue weighted by atomic mass is 127. The highest BCUT2D eigenvalue weighted by Gasteiger charge is 2.19. The molecule has 3 rings (SSSR count). The second kappa shape index (κ2) is 8.80. The Labute approximate surface area is 175 Å². The summed E-state index contributed by atoms with van der Waals surface area (Å²) in [5.74, 6) is -0.339. The molecule has 0 aliphatic carbocycles. The van der Waals surface area contributed by atoms with E-state index in [0.29, 0.717) is 17.7 Å². The first-order chi connectivity index (χ1) is 13.5. The standard InChI is InChI=1S/C21H17IN4O2/c1-14-16(13-23)20(27)26(12-11-15-7-3-2-4-8-15)21(28)19(14)25-24-18-10-6-5-9-17(18)22/h2-10,27H,11-12H2,1H3. The Morgan fingerprint density at radius 3 is 2.46 bits per heavy atom. The number of azo groups is 1. The van der Waals surface area contributed by atoms with Gasteiger partial charge in [-0.05, 0) is 53.6 Å². The van der Waals surface area contributed by atoms with Crippen molar-refractivity contribution in [1.29, 1.82) is 5.26 Å². The molecule has 0 fully saturated rings. The quantitative estimate of drug-likeness (QED) is 0.409. The molecule has 7 heteroatoms. The largest absolute Gasteiger partial charge is 0.493 e.